The normalized spacial score (nSPS) is 16.9. The topological polar surface area (TPSA) is 69.0 Å². The van der Waals surface area contributed by atoms with Crippen LogP contribution in [0.5, 0.6) is 5.75 Å². The first-order valence-electron chi connectivity index (χ1n) is 7.97. The molecule has 1 atom stereocenters. The summed E-state index contributed by atoms with van der Waals surface area (Å²) in [6.45, 7) is 1.15. The van der Waals surface area contributed by atoms with Crippen LogP contribution in [-0.4, -0.2) is 36.5 Å². The Morgan fingerprint density at radius 2 is 2.04 bits per heavy atom. The van der Waals surface area contributed by atoms with E-state index < -0.39 is 5.92 Å². The summed E-state index contributed by atoms with van der Waals surface area (Å²) in [5.41, 5.74) is 0. The molecule has 0 unspecified atom stereocenters. The van der Waals surface area contributed by atoms with Gasteiger partial charge < -0.3 is 18.8 Å². The fraction of sp³-hybridized carbons (Fsp3) is 0.333. The van der Waals surface area contributed by atoms with Crippen molar-refractivity contribution in [3.05, 3.63) is 52.9 Å². The van der Waals surface area contributed by atoms with Gasteiger partial charge in [-0.25, -0.2) is 0 Å². The Labute approximate surface area is 153 Å². The molecule has 3 rings (SSSR count). The van der Waals surface area contributed by atoms with E-state index >= 15 is 0 Å². The van der Waals surface area contributed by atoms with Gasteiger partial charge in [0.25, 0.3) is 0 Å². The average Bonchev–Trinajstić information content (AvgIpc) is 3.24. The molecule has 0 bridgehead atoms. The molecule has 0 aliphatic carbocycles. The van der Waals surface area contributed by atoms with E-state index in [4.69, 9.17) is 13.9 Å². The zero-order chi connectivity index (χ0) is 17.6. The summed E-state index contributed by atoms with van der Waals surface area (Å²) in [4.78, 5) is 25.7. The number of benzene rings is 1. The number of halogens is 1. The van der Waals surface area contributed by atoms with Gasteiger partial charge in [-0.1, -0.05) is 15.9 Å². The lowest BCUT2D eigenvalue weighted by Crippen LogP contribution is -2.26. The quantitative estimate of drug-likeness (QED) is 0.521. The van der Waals surface area contributed by atoms with Gasteiger partial charge >= 0.3 is 5.97 Å². The van der Waals surface area contributed by atoms with Crippen molar-refractivity contribution in [3.63, 3.8) is 0 Å². The lowest BCUT2D eigenvalue weighted by molar-refractivity contribution is -0.149. The van der Waals surface area contributed by atoms with Crippen LogP contribution in [0.1, 0.15) is 12.2 Å². The summed E-state index contributed by atoms with van der Waals surface area (Å²) in [6.07, 6.45) is 1.74. The van der Waals surface area contributed by atoms with Crippen molar-refractivity contribution in [1.82, 2.24) is 4.90 Å². The third-order valence-electron chi connectivity index (χ3n) is 3.88. The first-order chi connectivity index (χ1) is 12.1. The van der Waals surface area contributed by atoms with E-state index in [1.165, 1.54) is 0 Å². The van der Waals surface area contributed by atoms with Crippen LogP contribution in [-0.2, 0) is 20.9 Å². The van der Waals surface area contributed by atoms with Crippen molar-refractivity contribution in [3.8, 4) is 5.75 Å². The molecular weight excluding hydrogens is 390 g/mol. The van der Waals surface area contributed by atoms with Crippen LogP contribution in [0, 0.1) is 5.92 Å². The fourth-order valence-electron chi connectivity index (χ4n) is 2.62. The SMILES string of the molecule is O=C(OCCOc1ccc(Br)cc1)[C@@H]1CC(=O)N(Cc2ccco2)C1. The molecule has 2 heterocycles. The Morgan fingerprint density at radius 1 is 1.24 bits per heavy atom. The number of likely N-dealkylation sites (tertiary alicyclic amines) is 1. The van der Waals surface area contributed by atoms with Crippen molar-refractivity contribution < 1.29 is 23.5 Å². The van der Waals surface area contributed by atoms with Gasteiger partial charge in [-0.3, -0.25) is 9.59 Å². The highest BCUT2D eigenvalue weighted by atomic mass is 79.9. The van der Waals surface area contributed by atoms with E-state index in [-0.39, 0.29) is 31.5 Å². The highest BCUT2D eigenvalue weighted by Gasteiger charge is 2.35. The number of carbonyl (C=O) groups excluding carboxylic acids is 2. The Morgan fingerprint density at radius 3 is 2.76 bits per heavy atom. The van der Waals surface area contributed by atoms with Crippen molar-refractivity contribution in [2.24, 2.45) is 5.92 Å². The molecule has 1 aromatic heterocycles. The number of carbonyl (C=O) groups is 2. The Bertz CT molecular complexity index is 714. The van der Waals surface area contributed by atoms with E-state index in [9.17, 15) is 9.59 Å². The lowest BCUT2D eigenvalue weighted by Gasteiger charge is -2.14. The highest BCUT2D eigenvalue weighted by Crippen LogP contribution is 2.21. The number of hydrogen-bond donors (Lipinski definition) is 0. The summed E-state index contributed by atoms with van der Waals surface area (Å²) in [7, 11) is 0. The molecule has 7 heteroatoms. The molecule has 0 N–H and O–H groups in total. The highest BCUT2D eigenvalue weighted by molar-refractivity contribution is 9.10. The van der Waals surface area contributed by atoms with Gasteiger partial charge in [-0.2, -0.15) is 0 Å². The number of esters is 1. The number of hydrogen-bond acceptors (Lipinski definition) is 5. The molecule has 2 aromatic rings. The molecule has 6 nitrogen and oxygen atoms in total. The molecule has 1 amide bonds. The second kappa shape index (κ2) is 8.20. The van der Waals surface area contributed by atoms with Gasteiger partial charge in [0.1, 0.15) is 24.7 Å². The predicted molar refractivity (Wildman–Crippen MR) is 92.8 cm³/mol. The van der Waals surface area contributed by atoms with Crippen LogP contribution in [0.25, 0.3) is 0 Å². The second-order valence-electron chi connectivity index (χ2n) is 5.72. The number of rotatable bonds is 7. The molecule has 0 spiro atoms. The summed E-state index contributed by atoms with van der Waals surface area (Å²) < 4.78 is 16.9. The smallest absolute Gasteiger partial charge is 0.311 e. The van der Waals surface area contributed by atoms with Gasteiger partial charge in [0, 0.05) is 17.4 Å². The largest absolute Gasteiger partial charge is 0.490 e. The van der Waals surface area contributed by atoms with Crippen LogP contribution in [0.15, 0.2) is 51.6 Å². The predicted octanol–water partition coefficient (Wildman–Crippen LogP) is 3.01. The van der Waals surface area contributed by atoms with Crippen molar-refractivity contribution >= 4 is 27.8 Å². The second-order valence-corrected chi connectivity index (χ2v) is 6.64. The van der Waals surface area contributed by atoms with E-state index in [0.29, 0.717) is 24.6 Å². The van der Waals surface area contributed by atoms with Crippen molar-refractivity contribution in [2.75, 3.05) is 19.8 Å². The molecular formula is C18H18BrNO5. The fourth-order valence-corrected chi connectivity index (χ4v) is 2.89. The molecule has 1 fully saturated rings. The minimum absolute atomic E-state index is 0.0653. The summed E-state index contributed by atoms with van der Waals surface area (Å²) in [5.74, 6) is 0.541. The molecule has 25 heavy (non-hydrogen) atoms. The van der Waals surface area contributed by atoms with Gasteiger partial charge in [0.15, 0.2) is 0 Å². The van der Waals surface area contributed by atoms with Crippen LogP contribution >= 0.6 is 15.9 Å². The van der Waals surface area contributed by atoms with Gasteiger partial charge in [-0.05, 0) is 36.4 Å². The van der Waals surface area contributed by atoms with Crippen LogP contribution in [0.4, 0.5) is 0 Å². The molecule has 0 radical (unpaired) electrons. The standard InChI is InChI=1S/C18H18BrNO5/c19-14-3-5-15(6-4-14)24-8-9-25-18(22)13-10-17(21)20(11-13)12-16-2-1-7-23-16/h1-7,13H,8-12H2/t13-/m1/s1. The van der Waals surface area contributed by atoms with Crippen LogP contribution in [0.3, 0.4) is 0 Å². The Kier molecular flexibility index (Phi) is 5.75. The monoisotopic (exact) mass is 407 g/mol. The number of amides is 1. The molecule has 132 valence electrons. The zero-order valence-electron chi connectivity index (χ0n) is 13.5. The van der Waals surface area contributed by atoms with E-state index in [1.54, 1.807) is 23.3 Å². The van der Waals surface area contributed by atoms with Crippen molar-refractivity contribution in [2.45, 2.75) is 13.0 Å². The number of ether oxygens (including phenoxy) is 2. The lowest BCUT2D eigenvalue weighted by atomic mass is 10.1. The average molecular weight is 408 g/mol. The first-order valence-corrected chi connectivity index (χ1v) is 8.76. The zero-order valence-corrected chi connectivity index (χ0v) is 15.1. The Hall–Kier alpha value is -2.28. The third-order valence-corrected chi connectivity index (χ3v) is 4.41. The maximum atomic E-state index is 12.1. The third kappa shape index (κ3) is 4.85. The molecule has 1 saturated heterocycles. The van der Waals surface area contributed by atoms with Gasteiger partial charge in [0.2, 0.25) is 5.91 Å². The minimum Gasteiger partial charge on any atom is -0.490 e. The summed E-state index contributed by atoms with van der Waals surface area (Å²) >= 11 is 3.35. The van der Waals surface area contributed by atoms with E-state index in [0.717, 1.165) is 4.47 Å². The number of nitrogens with zero attached hydrogens (tertiary/aromatic N) is 1. The minimum atomic E-state index is -0.435. The Balaban J connectivity index is 1.39. The van der Waals surface area contributed by atoms with Gasteiger partial charge in [-0.15, -0.1) is 0 Å². The maximum absolute atomic E-state index is 12.1. The molecule has 1 aromatic carbocycles. The molecule has 0 saturated carbocycles. The molecule has 1 aliphatic rings. The first kappa shape index (κ1) is 17.5. The van der Waals surface area contributed by atoms with Crippen molar-refractivity contribution in [1.29, 1.82) is 0 Å². The van der Waals surface area contributed by atoms with Crippen LogP contribution < -0.4 is 4.74 Å². The van der Waals surface area contributed by atoms with Gasteiger partial charge in [0.05, 0.1) is 18.7 Å². The summed E-state index contributed by atoms with van der Waals surface area (Å²) in [5, 5.41) is 0. The van der Waals surface area contributed by atoms with E-state index in [2.05, 4.69) is 15.9 Å². The van der Waals surface area contributed by atoms with Crippen LogP contribution in [0.2, 0.25) is 0 Å². The molecule has 1 aliphatic heterocycles. The number of furan rings is 1. The maximum Gasteiger partial charge on any atom is 0.311 e. The summed E-state index contributed by atoms with van der Waals surface area (Å²) in [6, 6.07) is 11.0. The van der Waals surface area contributed by atoms with E-state index in [1.807, 2.05) is 24.3 Å².